The van der Waals surface area contributed by atoms with E-state index in [1.54, 1.807) is 0 Å². The van der Waals surface area contributed by atoms with Crippen molar-refractivity contribution in [1.29, 1.82) is 0 Å². The SMILES string of the molecule is CCc1nn(C)c(CNCC2CCCCC2C(=O)O)c1Br. The number of nitrogens with zero attached hydrogens (tertiary/aromatic N) is 2. The molecule has 0 bridgehead atoms. The van der Waals surface area contributed by atoms with Gasteiger partial charge in [-0.15, -0.1) is 0 Å². The van der Waals surface area contributed by atoms with E-state index >= 15 is 0 Å². The van der Waals surface area contributed by atoms with Gasteiger partial charge in [-0.2, -0.15) is 5.10 Å². The number of aryl methyl sites for hydroxylation is 2. The lowest BCUT2D eigenvalue weighted by molar-refractivity contribution is -0.144. The molecule has 0 radical (unpaired) electrons. The predicted molar refractivity (Wildman–Crippen MR) is 85.1 cm³/mol. The minimum atomic E-state index is -0.642. The van der Waals surface area contributed by atoms with Crippen LogP contribution in [0.15, 0.2) is 4.47 Å². The molecule has 21 heavy (non-hydrogen) atoms. The molecule has 1 heterocycles. The van der Waals surface area contributed by atoms with Crippen molar-refractivity contribution in [1.82, 2.24) is 15.1 Å². The number of carboxylic acids is 1. The Morgan fingerprint density at radius 1 is 1.48 bits per heavy atom. The van der Waals surface area contributed by atoms with Gasteiger partial charge >= 0.3 is 5.97 Å². The molecular formula is C15H24BrN3O2. The zero-order chi connectivity index (χ0) is 15.4. The van der Waals surface area contributed by atoms with Gasteiger partial charge in [0.15, 0.2) is 0 Å². The first kappa shape index (κ1) is 16.5. The summed E-state index contributed by atoms with van der Waals surface area (Å²) in [6.07, 6.45) is 4.91. The maximum Gasteiger partial charge on any atom is 0.306 e. The number of hydrogen-bond acceptors (Lipinski definition) is 3. The average Bonchev–Trinajstić information content (AvgIpc) is 2.74. The van der Waals surface area contributed by atoms with Crippen molar-refractivity contribution in [3.63, 3.8) is 0 Å². The third-order valence-electron chi connectivity index (χ3n) is 4.43. The van der Waals surface area contributed by atoms with Crippen LogP contribution in [0.3, 0.4) is 0 Å². The van der Waals surface area contributed by atoms with Gasteiger partial charge in [0.1, 0.15) is 0 Å². The summed E-state index contributed by atoms with van der Waals surface area (Å²) in [6.45, 7) is 3.56. The van der Waals surface area contributed by atoms with Gasteiger partial charge in [0, 0.05) is 13.6 Å². The van der Waals surface area contributed by atoms with Gasteiger partial charge < -0.3 is 10.4 Å². The highest BCUT2D eigenvalue weighted by atomic mass is 79.9. The fraction of sp³-hybridized carbons (Fsp3) is 0.733. The maximum atomic E-state index is 11.3. The molecule has 118 valence electrons. The second-order valence-corrected chi connectivity index (χ2v) is 6.60. The summed E-state index contributed by atoms with van der Waals surface area (Å²) < 4.78 is 2.96. The zero-order valence-electron chi connectivity index (χ0n) is 12.7. The van der Waals surface area contributed by atoms with Crippen LogP contribution in [0.2, 0.25) is 0 Å². The third-order valence-corrected chi connectivity index (χ3v) is 5.34. The molecule has 1 aromatic rings. The van der Waals surface area contributed by atoms with Gasteiger partial charge in [-0.05, 0) is 47.7 Å². The maximum absolute atomic E-state index is 11.3. The van der Waals surface area contributed by atoms with Gasteiger partial charge in [-0.1, -0.05) is 19.8 Å². The first-order chi connectivity index (χ1) is 10.0. The summed E-state index contributed by atoms with van der Waals surface area (Å²) in [4.78, 5) is 11.3. The van der Waals surface area contributed by atoms with Crippen molar-refractivity contribution in [3.05, 3.63) is 15.9 Å². The largest absolute Gasteiger partial charge is 0.481 e. The molecule has 1 aromatic heterocycles. The van der Waals surface area contributed by atoms with Crippen molar-refractivity contribution >= 4 is 21.9 Å². The summed E-state index contributed by atoms with van der Waals surface area (Å²) >= 11 is 3.61. The number of carbonyl (C=O) groups is 1. The number of rotatable bonds is 6. The molecule has 6 heteroatoms. The van der Waals surface area contributed by atoms with E-state index in [4.69, 9.17) is 0 Å². The number of aromatic nitrogens is 2. The van der Waals surface area contributed by atoms with Crippen LogP contribution in [0.1, 0.15) is 44.0 Å². The van der Waals surface area contributed by atoms with Crippen LogP contribution in [0.5, 0.6) is 0 Å². The minimum absolute atomic E-state index is 0.188. The molecule has 1 saturated carbocycles. The van der Waals surface area contributed by atoms with Gasteiger partial charge in [-0.25, -0.2) is 0 Å². The standard InChI is InChI=1S/C15H24BrN3O2/c1-3-12-14(16)13(19(2)18-12)9-17-8-10-6-4-5-7-11(10)15(20)21/h10-11,17H,3-9H2,1-2H3,(H,20,21). The van der Waals surface area contributed by atoms with Gasteiger partial charge in [-0.3, -0.25) is 9.48 Å². The van der Waals surface area contributed by atoms with E-state index < -0.39 is 5.97 Å². The van der Waals surface area contributed by atoms with E-state index in [1.165, 1.54) is 0 Å². The van der Waals surface area contributed by atoms with Gasteiger partial charge in [0.25, 0.3) is 0 Å². The van der Waals surface area contributed by atoms with E-state index in [0.717, 1.165) is 54.5 Å². The second-order valence-electron chi connectivity index (χ2n) is 5.80. The molecule has 2 N–H and O–H groups in total. The second kappa shape index (κ2) is 7.40. The van der Waals surface area contributed by atoms with Crippen molar-refractivity contribution in [2.45, 2.75) is 45.6 Å². The molecule has 2 atom stereocenters. The number of aliphatic carboxylic acids is 1. The lowest BCUT2D eigenvalue weighted by Crippen LogP contribution is -2.34. The van der Waals surface area contributed by atoms with Crippen LogP contribution >= 0.6 is 15.9 Å². The molecule has 0 aromatic carbocycles. The minimum Gasteiger partial charge on any atom is -0.481 e. The first-order valence-electron chi connectivity index (χ1n) is 7.68. The van der Waals surface area contributed by atoms with Crippen LogP contribution in [-0.2, 0) is 24.8 Å². The van der Waals surface area contributed by atoms with Crippen molar-refractivity contribution in [3.8, 4) is 0 Å². The molecule has 5 nitrogen and oxygen atoms in total. The highest BCUT2D eigenvalue weighted by molar-refractivity contribution is 9.10. The van der Waals surface area contributed by atoms with E-state index in [1.807, 2.05) is 11.7 Å². The van der Waals surface area contributed by atoms with Crippen LogP contribution in [0.4, 0.5) is 0 Å². The molecule has 0 aliphatic heterocycles. The Bertz CT molecular complexity index is 501. The summed E-state index contributed by atoms with van der Waals surface area (Å²) in [5, 5.41) is 17.2. The molecule has 1 aliphatic carbocycles. The lowest BCUT2D eigenvalue weighted by Gasteiger charge is -2.28. The fourth-order valence-electron chi connectivity index (χ4n) is 3.16. The lowest BCUT2D eigenvalue weighted by atomic mass is 9.79. The van der Waals surface area contributed by atoms with Crippen LogP contribution < -0.4 is 5.32 Å². The monoisotopic (exact) mass is 357 g/mol. The quantitative estimate of drug-likeness (QED) is 0.821. The number of hydrogen-bond donors (Lipinski definition) is 2. The molecule has 0 spiro atoms. The summed E-state index contributed by atoms with van der Waals surface area (Å²) in [6, 6.07) is 0. The van der Waals surface area contributed by atoms with E-state index in [9.17, 15) is 9.90 Å². The number of carboxylic acid groups (broad SMARTS) is 1. The molecule has 2 unspecified atom stereocenters. The zero-order valence-corrected chi connectivity index (χ0v) is 14.3. The molecule has 1 fully saturated rings. The normalized spacial score (nSPS) is 22.4. The average molecular weight is 358 g/mol. The number of halogens is 1. The van der Waals surface area contributed by atoms with E-state index in [-0.39, 0.29) is 11.8 Å². The van der Waals surface area contributed by atoms with E-state index in [0.29, 0.717) is 6.54 Å². The molecule has 0 saturated heterocycles. The Labute approximate surface area is 134 Å². The Hall–Kier alpha value is -0.880. The highest BCUT2D eigenvalue weighted by Gasteiger charge is 2.30. The third kappa shape index (κ3) is 3.86. The van der Waals surface area contributed by atoms with Gasteiger partial charge in [0.05, 0.1) is 21.8 Å². The van der Waals surface area contributed by atoms with Crippen molar-refractivity contribution in [2.24, 2.45) is 18.9 Å². The predicted octanol–water partition coefficient (Wildman–Crippen LogP) is 2.73. The molecular weight excluding hydrogens is 334 g/mol. The van der Waals surface area contributed by atoms with Gasteiger partial charge in [0.2, 0.25) is 0 Å². The summed E-state index contributed by atoms with van der Waals surface area (Å²) in [5.74, 6) is -0.585. The van der Waals surface area contributed by atoms with Crippen molar-refractivity contribution < 1.29 is 9.90 Å². The summed E-state index contributed by atoms with van der Waals surface area (Å²) in [5.41, 5.74) is 2.19. The van der Waals surface area contributed by atoms with Crippen LogP contribution in [-0.4, -0.2) is 27.4 Å². The highest BCUT2D eigenvalue weighted by Crippen LogP contribution is 2.30. The van der Waals surface area contributed by atoms with Crippen LogP contribution in [0.25, 0.3) is 0 Å². The van der Waals surface area contributed by atoms with E-state index in [2.05, 4.69) is 33.3 Å². The number of nitrogens with one attached hydrogen (secondary N) is 1. The Kier molecular flexibility index (Phi) is 5.81. The fourth-order valence-corrected chi connectivity index (χ4v) is 3.92. The topological polar surface area (TPSA) is 67.2 Å². The Balaban J connectivity index is 1.91. The Morgan fingerprint density at radius 3 is 2.81 bits per heavy atom. The van der Waals surface area contributed by atoms with Crippen molar-refractivity contribution in [2.75, 3.05) is 6.54 Å². The smallest absolute Gasteiger partial charge is 0.306 e. The first-order valence-corrected chi connectivity index (χ1v) is 8.47. The molecule has 2 rings (SSSR count). The Morgan fingerprint density at radius 2 is 2.19 bits per heavy atom. The van der Waals surface area contributed by atoms with Crippen LogP contribution in [0, 0.1) is 11.8 Å². The molecule has 0 amide bonds. The molecule has 1 aliphatic rings. The summed E-state index contributed by atoms with van der Waals surface area (Å²) in [7, 11) is 1.95.